The molecule has 0 aliphatic heterocycles. The second-order valence-electron chi connectivity index (χ2n) is 5.18. The third kappa shape index (κ3) is 3.71. The Labute approximate surface area is 110 Å². The Bertz CT molecular complexity index is 301. The van der Waals surface area contributed by atoms with Crippen LogP contribution >= 0.6 is 0 Å². The summed E-state index contributed by atoms with van der Waals surface area (Å²) in [5.74, 6) is 0.00278. The first-order valence-corrected chi connectivity index (χ1v) is 6.82. The van der Waals surface area contributed by atoms with Crippen LogP contribution in [0.5, 0.6) is 0 Å². The zero-order chi connectivity index (χ0) is 13.4. The van der Waals surface area contributed by atoms with Gasteiger partial charge < -0.3 is 9.64 Å². The van der Waals surface area contributed by atoms with Crippen molar-refractivity contribution in [2.24, 2.45) is 5.41 Å². The first kappa shape index (κ1) is 15.0. The van der Waals surface area contributed by atoms with Gasteiger partial charge in [-0.05, 0) is 19.3 Å². The molecular formula is C14H24N2O2. The summed E-state index contributed by atoms with van der Waals surface area (Å²) in [6.45, 7) is 1.31. The van der Waals surface area contributed by atoms with E-state index in [2.05, 4.69) is 6.07 Å². The molecule has 0 saturated heterocycles. The number of nitriles is 1. The molecule has 0 atom stereocenters. The molecule has 0 spiro atoms. The van der Waals surface area contributed by atoms with Gasteiger partial charge in [-0.3, -0.25) is 4.79 Å². The highest BCUT2D eigenvalue weighted by Crippen LogP contribution is 2.36. The van der Waals surface area contributed by atoms with Crippen LogP contribution in [0.3, 0.4) is 0 Å². The van der Waals surface area contributed by atoms with E-state index in [1.807, 2.05) is 0 Å². The number of nitrogens with zero attached hydrogens (tertiary/aromatic N) is 2. The van der Waals surface area contributed by atoms with Crippen molar-refractivity contribution in [2.75, 3.05) is 27.3 Å². The molecule has 1 aliphatic rings. The third-order valence-corrected chi connectivity index (χ3v) is 3.77. The van der Waals surface area contributed by atoms with E-state index < -0.39 is 5.41 Å². The molecule has 1 rings (SSSR count). The number of carbonyl (C=O) groups excluding carboxylic acids is 1. The predicted octanol–water partition coefficient (Wildman–Crippen LogP) is 2.35. The number of rotatable bonds is 5. The van der Waals surface area contributed by atoms with Crippen molar-refractivity contribution in [3.8, 4) is 6.07 Å². The SMILES string of the molecule is COCCCN(C)C(=O)C1(C#N)CCCCCC1. The van der Waals surface area contributed by atoms with Gasteiger partial charge in [0.1, 0.15) is 5.41 Å². The normalized spacial score (nSPS) is 18.7. The highest BCUT2D eigenvalue weighted by atomic mass is 16.5. The Balaban J connectivity index is 2.62. The third-order valence-electron chi connectivity index (χ3n) is 3.77. The maximum atomic E-state index is 12.5. The van der Waals surface area contributed by atoms with E-state index in [1.165, 1.54) is 0 Å². The first-order chi connectivity index (χ1) is 8.66. The fourth-order valence-electron chi connectivity index (χ4n) is 2.62. The van der Waals surface area contributed by atoms with E-state index >= 15 is 0 Å². The van der Waals surface area contributed by atoms with Crippen molar-refractivity contribution >= 4 is 5.91 Å². The molecule has 0 aromatic rings. The zero-order valence-electron chi connectivity index (χ0n) is 11.6. The number of hydrogen-bond donors (Lipinski definition) is 0. The minimum absolute atomic E-state index is 0.00278. The summed E-state index contributed by atoms with van der Waals surface area (Å²) in [6, 6.07) is 2.31. The van der Waals surface area contributed by atoms with Crippen molar-refractivity contribution in [1.29, 1.82) is 5.26 Å². The van der Waals surface area contributed by atoms with Crippen LogP contribution in [-0.4, -0.2) is 38.1 Å². The Morgan fingerprint density at radius 3 is 2.44 bits per heavy atom. The van der Waals surface area contributed by atoms with Crippen molar-refractivity contribution in [1.82, 2.24) is 4.90 Å². The van der Waals surface area contributed by atoms with E-state index in [4.69, 9.17) is 4.74 Å². The summed E-state index contributed by atoms with van der Waals surface area (Å²) in [7, 11) is 3.45. The molecule has 0 aromatic heterocycles. The van der Waals surface area contributed by atoms with Crippen LogP contribution in [0.4, 0.5) is 0 Å². The van der Waals surface area contributed by atoms with Crippen molar-refractivity contribution < 1.29 is 9.53 Å². The molecule has 1 saturated carbocycles. The first-order valence-electron chi connectivity index (χ1n) is 6.82. The monoisotopic (exact) mass is 252 g/mol. The molecule has 18 heavy (non-hydrogen) atoms. The van der Waals surface area contributed by atoms with Gasteiger partial charge in [0, 0.05) is 27.3 Å². The molecule has 0 N–H and O–H groups in total. The number of hydrogen-bond acceptors (Lipinski definition) is 3. The molecule has 0 bridgehead atoms. The number of ether oxygens (including phenoxy) is 1. The lowest BCUT2D eigenvalue weighted by Crippen LogP contribution is -2.41. The molecule has 1 aliphatic carbocycles. The van der Waals surface area contributed by atoms with E-state index in [9.17, 15) is 10.1 Å². The molecule has 102 valence electrons. The Morgan fingerprint density at radius 2 is 1.94 bits per heavy atom. The molecule has 4 nitrogen and oxygen atoms in total. The molecule has 1 amide bonds. The van der Waals surface area contributed by atoms with Crippen LogP contribution in [0.1, 0.15) is 44.9 Å². The van der Waals surface area contributed by atoms with Gasteiger partial charge in [0.15, 0.2) is 0 Å². The van der Waals surface area contributed by atoms with Crippen LogP contribution in [-0.2, 0) is 9.53 Å². The Kier molecular flexibility index (Phi) is 6.14. The summed E-state index contributed by atoms with van der Waals surface area (Å²) in [6.07, 6.45) is 6.53. The van der Waals surface area contributed by atoms with Gasteiger partial charge in [-0.25, -0.2) is 0 Å². The van der Waals surface area contributed by atoms with Crippen LogP contribution in [0.25, 0.3) is 0 Å². The summed E-state index contributed by atoms with van der Waals surface area (Å²) < 4.78 is 4.99. The lowest BCUT2D eigenvalue weighted by molar-refractivity contribution is -0.138. The minimum Gasteiger partial charge on any atom is -0.385 e. The lowest BCUT2D eigenvalue weighted by Gasteiger charge is -2.29. The Hall–Kier alpha value is -1.08. The maximum Gasteiger partial charge on any atom is 0.242 e. The number of carbonyl (C=O) groups is 1. The van der Waals surface area contributed by atoms with Gasteiger partial charge in [0.25, 0.3) is 0 Å². The van der Waals surface area contributed by atoms with Gasteiger partial charge in [-0.2, -0.15) is 5.26 Å². The van der Waals surface area contributed by atoms with Gasteiger partial charge in [0.2, 0.25) is 5.91 Å². The highest BCUT2D eigenvalue weighted by Gasteiger charge is 2.40. The minimum atomic E-state index is -0.766. The van der Waals surface area contributed by atoms with Crippen molar-refractivity contribution in [3.63, 3.8) is 0 Å². The van der Waals surface area contributed by atoms with Crippen molar-refractivity contribution in [2.45, 2.75) is 44.9 Å². The molecular weight excluding hydrogens is 228 g/mol. The van der Waals surface area contributed by atoms with Crippen molar-refractivity contribution in [3.05, 3.63) is 0 Å². The largest absolute Gasteiger partial charge is 0.385 e. The summed E-state index contributed by atoms with van der Waals surface area (Å²) in [5.41, 5.74) is -0.766. The van der Waals surface area contributed by atoms with Gasteiger partial charge >= 0.3 is 0 Å². The summed E-state index contributed by atoms with van der Waals surface area (Å²) in [5, 5.41) is 9.44. The van der Waals surface area contributed by atoms with Gasteiger partial charge in [-0.1, -0.05) is 25.7 Å². The molecule has 0 radical (unpaired) electrons. The quantitative estimate of drug-likeness (QED) is 0.557. The fraction of sp³-hybridized carbons (Fsp3) is 0.857. The van der Waals surface area contributed by atoms with Gasteiger partial charge in [-0.15, -0.1) is 0 Å². The van der Waals surface area contributed by atoms with Crippen LogP contribution < -0.4 is 0 Å². The standard InChI is InChI=1S/C14H24N2O2/c1-16(10-7-11-18-2)13(17)14(12-15)8-5-3-4-6-9-14/h3-11H2,1-2H3. The number of amides is 1. The zero-order valence-corrected chi connectivity index (χ0v) is 11.6. The molecule has 0 heterocycles. The fourth-order valence-corrected chi connectivity index (χ4v) is 2.62. The lowest BCUT2D eigenvalue weighted by atomic mass is 9.80. The van der Waals surface area contributed by atoms with E-state index in [-0.39, 0.29) is 5.91 Å². The molecule has 0 aromatic carbocycles. The smallest absolute Gasteiger partial charge is 0.242 e. The van der Waals surface area contributed by atoms with Crippen LogP contribution in [0.15, 0.2) is 0 Å². The summed E-state index contributed by atoms with van der Waals surface area (Å²) >= 11 is 0. The van der Waals surface area contributed by atoms with Gasteiger partial charge in [0.05, 0.1) is 6.07 Å². The topological polar surface area (TPSA) is 53.3 Å². The second-order valence-corrected chi connectivity index (χ2v) is 5.18. The Morgan fingerprint density at radius 1 is 1.33 bits per heavy atom. The molecule has 0 unspecified atom stereocenters. The molecule has 4 heteroatoms. The van der Waals surface area contributed by atoms with E-state index in [0.717, 1.165) is 44.9 Å². The highest BCUT2D eigenvalue weighted by molar-refractivity contribution is 5.85. The average Bonchev–Trinajstić information content (AvgIpc) is 2.64. The van der Waals surface area contributed by atoms with E-state index in [0.29, 0.717) is 13.2 Å². The van der Waals surface area contributed by atoms with Crippen LogP contribution in [0.2, 0.25) is 0 Å². The molecule has 1 fully saturated rings. The average molecular weight is 252 g/mol. The predicted molar refractivity (Wildman–Crippen MR) is 69.9 cm³/mol. The summed E-state index contributed by atoms with van der Waals surface area (Å²) in [4.78, 5) is 14.2. The number of methoxy groups -OCH3 is 1. The van der Waals surface area contributed by atoms with Crippen LogP contribution in [0, 0.1) is 16.7 Å². The van der Waals surface area contributed by atoms with E-state index in [1.54, 1.807) is 19.1 Å². The maximum absolute atomic E-state index is 12.5. The second kappa shape index (κ2) is 7.38.